The maximum atomic E-state index is 5.93. The molecule has 2 heterocycles. The van der Waals surface area contributed by atoms with Crippen molar-refractivity contribution in [3.8, 4) is 17.1 Å². The number of pyridine rings is 1. The van der Waals surface area contributed by atoms with Gasteiger partial charge in [0.15, 0.2) is 11.5 Å². The van der Waals surface area contributed by atoms with Crippen LogP contribution < -0.4 is 10.5 Å². The fraction of sp³-hybridized carbons (Fsp3) is 0.0769. The van der Waals surface area contributed by atoms with E-state index in [0.717, 1.165) is 11.3 Å². The number of halogens is 1. The number of nitrogens with zero attached hydrogens (tertiary/aromatic N) is 3. The van der Waals surface area contributed by atoms with E-state index in [9.17, 15) is 0 Å². The molecule has 3 aromatic rings. The summed E-state index contributed by atoms with van der Waals surface area (Å²) in [6.07, 6.45) is 1.67. The number of fused-ring (bicyclic) bond motifs is 1. The van der Waals surface area contributed by atoms with Gasteiger partial charge in [-0.25, -0.2) is 9.50 Å². The topological polar surface area (TPSA) is 65.4 Å². The van der Waals surface area contributed by atoms with Crippen LogP contribution in [0.5, 0.6) is 5.75 Å². The van der Waals surface area contributed by atoms with Crippen LogP contribution in [0.25, 0.3) is 17.0 Å². The molecule has 0 radical (unpaired) electrons. The Kier molecular flexibility index (Phi) is 2.76. The predicted molar refractivity (Wildman–Crippen MR) is 74.4 cm³/mol. The van der Waals surface area contributed by atoms with Crippen molar-refractivity contribution in [2.24, 2.45) is 0 Å². The van der Waals surface area contributed by atoms with Crippen LogP contribution in [0.15, 0.2) is 36.5 Å². The number of ether oxygens (including phenoxy) is 1. The van der Waals surface area contributed by atoms with Crippen LogP contribution in [0.4, 0.5) is 5.69 Å². The Bertz CT molecular complexity index is 736. The maximum absolute atomic E-state index is 5.93. The van der Waals surface area contributed by atoms with Crippen molar-refractivity contribution in [2.75, 3.05) is 12.8 Å². The molecule has 96 valence electrons. The molecule has 0 bridgehead atoms. The van der Waals surface area contributed by atoms with Crippen molar-refractivity contribution >= 4 is 22.9 Å². The first-order chi connectivity index (χ1) is 9.17. The smallest absolute Gasteiger partial charge is 0.182 e. The second-order valence-electron chi connectivity index (χ2n) is 4.05. The highest BCUT2D eigenvalue weighted by Crippen LogP contribution is 2.23. The average molecular weight is 275 g/mol. The fourth-order valence-electron chi connectivity index (χ4n) is 1.84. The lowest BCUT2D eigenvalue weighted by atomic mass is 10.2. The van der Waals surface area contributed by atoms with E-state index in [0.29, 0.717) is 22.2 Å². The molecule has 1 aromatic carbocycles. The van der Waals surface area contributed by atoms with E-state index in [-0.39, 0.29) is 0 Å². The molecule has 0 fully saturated rings. The van der Waals surface area contributed by atoms with Gasteiger partial charge in [-0.1, -0.05) is 11.6 Å². The summed E-state index contributed by atoms with van der Waals surface area (Å²) < 4.78 is 6.70. The molecule has 19 heavy (non-hydrogen) atoms. The van der Waals surface area contributed by atoms with Crippen molar-refractivity contribution in [2.45, 2.75) is 0 Å². The minimum Gasteiger partial charge on any atom is -0.497 e. The van der Waals surface area contributed by atoms with Gasteiger partial charge in [0, 0.05) is 11.8 Å². The van der Waals surface area contributed by atoms with Crippen LogP contribution in [0.3, 0.4) is 0 Å². The Balaban J connectivity index is 2.12. The van der Waals surface area contributed by atoms with Crippen molar-refractivity contribution in [1.29, 1.82) is 0 Å². The molecule has 5 nitrogen and oxygen atoms in total. The Morgan fingerprint density at radius 1 is 1.26 bits per heavy atom. The number of anilines is 1. The van der Waals surface area contributed by atoms with Gasteiger partial charge in [0.2, 0.25) is 0 Å². The average Bonchev–Trinajstić information content (AvgIpc) is 2.83. The van der Waals surface area contributed by atoms with Crippen molar-refractivity contribution in [3.05, 3.63) is 41.6 Å². The van der Waals surface area contributed by atoms with Crippen LogP contribution in [-0.2, 0) is 0 Å². The molecule has 0 unspecified atom stereocenters. The van der Waals surface area contributed by atoms with E-state index in [1.165, 1.54) is 0 Å². The predicted octanol–water partition coefficient (Wildman–Crippen LogP) is 2.64. The molecule has 0 aliphatic carbocycles. The number of benzene rings is 1. The van der Waals surface area contributed by atoms with Crippen LogP contribution in [0.1, 0.15) is 0 Å². The zero-order chi connectivity index (χ0) is 13.4. The van der Waals surface area contributed by atoms with Gasteiger partial charge >= 0.3 is 0 Å². The lowest BCUT2D eigenvalue weighted by Gasteiger charge is -1.99. The van der Waals surface area contributed by atoms with E-state index < -0.39 is 0 Å². The molecule has 0 aliphatic heterocycles. The summed E-state index contributed by atoms with van der Waals surface area (Å²) in [6.45, 7) is 0. The van der Waals surface area contributed by atoms with E-state index in [2.05, 4.69) is 10.1 Å². The lowest BCUT2D eigenvalue weighted by molar-refractivity contribution is 0.415. The summed E-state index contributed by atoms with van der Waals surface area (Å²) in [6, 6.07) is 9.16. The maximum Gasteiger partial charge on any atom is 0.182 e. The summed E-state index contributed by atoms with van der Waals surface area (Å²) >= 11 is 5.93. The van der Waals surface area contributed by atoms with Gasteiger partial charge in [-0.3, -0.25) is 0 Å². The Labute approximate surface area is 114 Å². The molecule has 2 N–H and O–H groups in total. The first-order valence-corrected chi connectivity index (χ1v) is 6.01. The minimum atomic E-state index is 0.500. The molecule has 0 aliphatic rings. The molecule has 3 rings (SSSR count). The van der Waals surface area contributed by atoms with E-state index in [1.54, 1.807) is 23.9 Å². The summed E-state index contributed by atoms with van der Waals surface area (Å²) in [5.41, 5.74) is 7.85. The third kappa shape index (κ3) is 2.08. The first kappa shape index (κ1) is 11.8. The highest BCUT2D eigenvalue weighted by atomic mass is 35.5. The molecule has 2 aromatic heterocycles. The fourth-order valence-corrected chi connectivity index (χ4v) is 2.05. The number of aromatic nitrogens is 3. The molecule has 0 saturated carbocycles. The van der Waals surface area contributed by atoms with Crippen molar-refractivity contribution in [3.63, 3.8) is 0 Å². The van der Waals surface area contributed by atoms with Crippen LogP contribution in [0.2, 0.25) is 5.02 Å². The minimum absolute atomic E-state index is 0.500. The Hall–Kier alpha value is -2.27. The SMILES string of the molecule is COc1ccc(-c2nc3c(N)cc(Cl)cn3n2)cc1. The normalized spacial score (nSPS) is 10.8. The molecule has 0 saturated heterocycles. The Morgan fingerprint density at radius 3 is 2.68 bits per heavy atom. The molecule has 0 atom stereocenters. The second kappa shape index (κ2) is 4.44. The standard InChI is InChI=1S/C13H11ClN4O/c1-19-10-4-2-8(3-5-10)12-16-13-11(15)6-9(14)7-18(13)17-12/h2-7H,15H2,1H3. The highest BCUT2D eigenvalue weighted by Gasteiger charge is 2.09. The molecule has 6 heteroatoms. The monoisotopic (exact) mass is 274 g/mol. The van der Waals surface area contributed by atoms with Gasteiger partial charge in [-0.2, -0.15) is 0 Å². The van der Waals surface area contributed by atoms with Gasteiger partial charge in [0.25, 0.3) is 0 Å². The summed E-state index contributed by atoms with van der Waals surface area (Å²) in [5, 5.41) is 4.88. The van der Waals surface area contributed by atoms with Gasteiger partial charge in [-0.05, 0) is 30.3 Å². The zero-order valence-electron chi connectivity index (χ0n) is 10.2. The summed E-state index contributed by atoms with van der Waals surface area (Å²) in [5.74, 6) is 1.38. The van der Waals surface area contributed by atoms with E-state index >= 15 is 0 Å². The number of nitrogen functional groups attached to an aromatic ring is 1. The van der Waals surface area contributed by atoms with E-state index in [4.69, 9.17) is 22.1 Å². The molecular formula is C13H11ClN4O. The second-order valence-corrected chi connectivity index (χ2v) is 4.48. The lowest BCUT2D eigenvalue weighted by Crippen LogP contribution is -1.93. The number of hydrogen-bond acceptors (Lipinski definition) is 4. The highest BCUT2D eigenvalue weighted by molar-refractivity contribution is 6.30. The zero-order valence-corrected chi connectivity index (χ0v) is 10.9. The van der Waals surface area contributed by atoms with Crippen LogP contribution in [-0.4, -0.2) is 21.7 Å². The summed E-state index contributed by atoms with van der Waals surface area (Å²) in [7, 11) is 1.63. The largest absolute Gasteiger partial charge is 0.497 e. The van der Waals surface area contributed by atoms with Gasteiger partial charge in [0.1, 0.15) is 5.75 Å². The van der Waals surface area contributed by atoms with Crippen LogP contribution in [0, 0.1) is 0 Å². The van der Waals surface area contributed by atoms with Crippen molar-refractivity contribution in [1.82, 2.24) is 14.6 Å². The molecule has 0 spiro atoms. The van der Waals surface area contributed by atoms with Crippen molar-refractivity contribution < 1.29 is 4.74 Å². The Morgan fingerprint density at radius 2 is 2.00 bits per heavy atom. The third-order valence-electron chi connectivity index (χ3n) is 2.78. The van der Waals surface area contributed by atoms with Gasteiger partial charge in [-0.15, -0.1) is 5.10 Å². The van der Waals surface area contributed by atoms with Crippen LogP contribution >= 0.6 is 11.6 Å². The number of methoxy groups -OCH3 is 1. The third-order valence-corrected chi connectivity index (χ3v) is 2.98. The van der Waals surface area contributed by atoms with Gasteiger partial charge < -0.3 is 10.5 Å². The summed E-state index contributed by atoms with van der Waals surface area (Å²) in [4.78, 5) is 4.41. The van der Waals surface area contributed by atoms with Gasteiger partial charge in [0.05, 0.1) is 17.8 Å². The quantitative estimate of drug-likeness (QED) is 0.780. The number of hydrogen-bond donors (Lipinski definition) is 1. The first-order valence-electron chi connectivity index (χ1n) is 5.63. The van der Waals surface area contributed by atoms with E-state index in [1.807, 2.05) is 24.3 Å². The number of nitrogens with two attached hydrogens (primary N) is 1. The molecule has 0 amide bonds. The number of rotatable bonds is 2. The molecular weight excluding hydrogens is 264 g/mol.